The number of aromatic amines is 1. The lowest BCUT2D eigenvalue weighted by Crippen LogP contribution is -2.17. The number of benzene rings is 2. The molecule has 0 aliphatic heterocycles. The minimum absolute atomic E-state index is 0.0536. The zero-order valence-corrected chi connectivity index (χ0v) is 19.5. The normalized spacial score (nSPS) is 12.4. The predicted molar refractivity (Wildman–Crippen MR) is 121 cm³/mol. The standard InChI is InChI=1S/C24H21F5N2O3S/c1-3-14(15-5-7-21(17(26)10-15)35-24(27,28)29)11-19(32)18-12-23(33)31-22(30-18)9-13-4-6-20(34-2)16(25)8-13/h4-8,10,12,14H,3,9,11H2,1-2H3,(H,30,31,33)/t14-/m0/s1. The third kappa shape index (κ3) is 7.14. The number of rotatable bonds is 9. The van der Waals surface area contributed by atoms with Gasteiger partial charge in [-0.05, 0) is 59.5 Å². The van der Waals surface area contributed by atoms with Crippen LogP contribution in [0.25, 0.3) is 0 Å². The van der Waals surface area contributed by atoms with Crippen molar-refractivity contribution in [3.8, 4) is 5.75 Å². The molecule has 1 N–H and O–H groups in total. The van der Waals surface area contributed by atoms with Crippen LogP contribution in [0, 0.1) is 11.6 Å². The summed E-state index contributed by atoms with van der Waals surface area (Å²) in [5.74, 6) is -2.39. The molecule has 0 fully saturated rings. The summed E-state index contributed by atoms with van der Waals surface area (Å²) in [5, 5.41) is 0. The van der Waals surface area contributed by atoms with E-state index in [0.717, 1.165) is 18.2 Å². The summed E-state index contributed by atoms with van der Waals surface area (Å²) in [6, 6.07) is 8.68. The highest BCUT2D eigenvalue weighted by Gasteiger charge is 2.31. The summed E-state index contributed by atoms with van der Waals surface area (Å²) < 4.78 is 70.7. The number of ketones is 1. The second-order valence-corrected chi connectivity index (χ2v) is 8.80. The summed E-state index contributed by atoms with van der Waals surface area (Å²) >= 11 is -0.548. The molecule has 0 spiro atoms. The number of nitrogens with zero attached hydrogens (tertiary/aromatic N) is 1. The Morgan fingerprint density at radius 1 is 1.11 bits per heavy atom. The lowest BCUT2D eigenvalue weighted by Gasteiger charge is -2.16. The lowest BCUT2D eigenvalue weighted by atomic mass is 9.90. The van der Waals surface area contributed by atoms with Crippen molar-refractivity contribution in [1.29, 1.82) is 0 Å². The number of halogens is 5. The van der Waals surface area contributed by atoms with Crippen molar-refractivity contribution >= 4 is 17.5 Å². The minimum atomic E-state index is -4.62. The van der Waals surface area contributed by atoms with Crippen molar-refractivity contribution in [2.24, 2.45) is 0 Å². The summed E-state index contributed by atoms with van der Waals surface area (Å²) in [6.45, 7) is 1.75. The first-order valence-corrected chi connectivity index (χ1v) is 11.3. The zero-order chi connectivity index (χ0) is 25.8. The summed E-state index contributed by atoms with van der Waals surface area (Å²) in [7, 11) is 1.33. The quantitative estimate of drug-likeness (QED) is 0.216. The average Bonchev–Trinajstić information content (AvgIpc) is 2.77. The number of carbonyl (C=O) groups excluding carboxylic acids is 1. The van der Waals surface area contributed by atoms with Gasteiger partial charge in [-0.2, -0.15) is 13.2 Å². The van der Waals surface area contributed by atoms with E-state index in [2.05, 4.69) is 9.97 Å². The van der Waals surface area contributed by atoms with Crippen LogP contribution in [-0.4, -0.2) is 28.4 Å². The van der Waals surface area contributed by atoms with Crippen LogP contribution in [0.4, 0.5) is 22.0 Å². The fraction of sp³-hybridized carbons (Fsp3) is 0.292. The van der Waals surface area contributed by atoms with Gasteiger partial charge in [-0.3, -0.25) is 9.59 Å². The molecule has 3 aromatic rings. The van der Waals surface area contributed by atoms with Gasteiger partial charge in [-0.1, -0.05) is 19.1 Å². The second kappa shape index (κ2) is 11.0. The fourth-order valence-electron chi connectivity index (χ4n) is 3.55. The molecular weight excluding hydrogens is 491 g/mol. The molecule has 0 saturated carbocycles. The molecule has 1 atom stereocenters. The maximum Gasteiger partial charge on any atom is 0.446 e. The highest BCUT2D eigenvalue weighted by atomic mass is 32.2. The molecule has 1 aromatic heterocycles. The second-order valence-electron chi connectivity index (χ2n) is 7.69. The molecule has 0 amide bonds. The van der Waals surface area contributed by atoms with Crippen LogP contribution in [0.15, 0.2) is 52.2 Å². The van der Waals surface area contributed by atoms with E-state index in [1.807, 2.05) is 0 Å². The fourth-order valence-corrected chi connectivity index (χ4v) is 4.09. The van der Waals surface area contributed by atoms with Crippen molar-refractivity contribution in [3.05, 3.63) is 87.1 Å². The number of hydrogen-bond acceptors (Lipinski definition) is 5. The van der Waals surface area contributed by atoms with Crippen LogP contribution in [0.5, 0.6) is 5.75 Å². The number of aromatic nitrogens is 2. The zero-order valence-electron chi connectivity index (χ0n) is 18.7. The van der Waals surface area contributed by atoms with Crippen molar-refractivity contribution in [2.45, 2.75) is 42.5 Å². The minimum Gasteiger partial charge on any atom is -0.494 e. The Bertz CT molecular complexity index is 1280. The number of hydrogen-bond donors (Lipinski definition) is 1. The highest BCUT2D eigenvalue weighted by molar-refractivity contribution is 8.00. The third-order valence-corrected chi connectivity index (χ3v) is 6.02. The van der Waals surface area contributed by atoms with Crippen LogP contribution in [0.2, 0.25) is 0 Å². The Balaban J connectivity index is 1.78. The molecule has 0 aliphatic rings. The Morgan fingerprint density at radius 2 is 1.86 bits per heavy atom. The molecule has 0 saturated heterocycles. The highest BCUT2D eigenvalue weighted by Crippen LogP contribution is 2.39. The molecule has 3 rings (SSSR count). The van der Waals surface area contributed by atoms with E-state index in [9.17, 15) is 31.5 Å². The average molecular weight is 513 g/mol. The van der Waals surface area contributed by atoms with Gasteiger partial charge in [0.05, 0.1) is 12.0 Å². The van der Waals surface area contributed by atoms with Crippen molar-refractivity contribution in [3.63, 3.8) is 0 Å². The maximum absolute atomic E-state index is 14.2. The van der Waals surface area contributed by atoms with Crippen LogP contribution < -0.4 is 10.3 Å². The van der Waals surface area contributed by atoms with Gasteiger partial charge >= 0.3 is 5.51 Å². The molecule has 0 radical (unpaired) electrons. The summed E-state index contributed by atoms with van der Waals surface area (Å²) in [5.41, 5.74) is -4.44. The smallest absolute Gasteiger partial charge is 0.446 e. The molecule has 0 aliphatic carbocycles. The first-order chi connectivity index (χ1) is 16.5. The maximum atomic E-state index is 14.2. The Morgan fingerprint density at radius 3 is 2.46 bits per heavy atom. The molecule has 1 heterocycles. The number of thioether (sulfide) groups is 1. The van der Waals surface area contributed by atoms with E-state index in [1.54, 1.807) is 13.0 Å². The van der Waals surface area contributed by atoms with Gasteiger partial charge in [-0.25, -0.2) is 13.8 Å². The Hall–Kier alpha value is -3.21. The molecular formula is C24H21F5N2O3S. The van der Waals surface area contributed by atoms with Crippen LogP contribution in [-0.2, 0) is 6.42 Å². The van der Waals surface area contributed by atoms with E-state index in [0.29, 0.717) is 17.5 Å². The van der Waals surface area contributed by atoms with Crippen molar-refractivity contribution in [1.82, 2.24) is 9.97 Å². The number of nitrogens with one attached hydrogen (secondary N) is 1. The summed E-state index contributed by atoms with van der Waals surface area (Å²) in [4.78, 5) is 31.1. The van der Waals surface area contributed by atoms with Gasteiger partial charge in [0.1, 0.15) is 17.3 Å². The Kier molecular flexibility index (Phi) is 8.31. The number of alkyl halides is 3. The first-order valence-electron chi connectivity index (χ1n) is 10.5. The van der Waals surface area contributed by atoms with Gasteiger partial charge in [0.15, 0.2) is 17.3 Å². The lowest BCUT2D eigenvalue weighted by molar-refractivity contribution is -0.0329. The van der Waals surface area contributed by atoms with Gasteiger partial charge in [0, 0.05) is 18.9 Å². The van der Waals surface area contributed by atoms with Crippen LogP contribution in [0.3, 0.4) is 0 Å². The van der Waals surface area contributed by atoms with E-state index >= 15 is 0 Å². The van der Waals surface area contributed by atoms with Crippen molar-refractivity contribution < 1.29 is 31.5 Å². The number of carbonyl (C=O) groups is 1. The monoisotopic (exact) mass is 512 g/mol. The van der Waals surface area contributed by atoms with E-state index in [-0.39, 0.29) is 30.1 Å². The van der Waals surface area contributed by atoms with Crippen LogP contribution >= 0.6 is 11.8 Å². The van der Waals surface area contributed by atoms with E-state index in [4.69, 9.17) is 4.74 Å². The Labute approximate surface area is 201 Å². The third-order valence-electron chi connectivity index (χ3n) is 5.24. The van der Waals surface area contributed by atoms with Gasteiger partial charge in [0.2, 0.25) is 0 Å². The van der Waals surface area contributed by atoms with Gasteiger partial charge < -0.3 is 9.72 Å². The number of ether oxygens (including phenoxy) is 1. The largest absolute Gasteiger partial charge is 0.494 e. The topological polar surface area (TPSA) is 72.0 Å². The number of Topliss-reactive ketones (excluding diaryl/α,β-unsaturated/α-hetero) is 1. The SMILES string of the molecule is CC[C@@H](CC(=O)c1cc(=O)[nH]c(Cc2ccc(OC)c(F)c2)n1)c1ccc(SC(F)(F)F)c(F)c1. The molecule has 0 bridgehead atoms. The first kappa shape index (κ1) is 26.4. The molecule has 0 unspecified atom stereocenters. The van der Waals surface area contributed by atoms with Crippen LogP contribution in [0.1, 0.15) is 53.1 Å². The molecule has 35 heavy (non-hydrogen) atoms. The molecule has 5 nitrogen and oxygen atoms in total. The van der Waals surface area contributed by atoms with E-state index in [1.165, 1.54) is 25.3 Å². The number of H-pyrrole nitrogens is 1. The van der Waals surface area contributed by atoms with E-state index < -0.39 is 51.1 Å². The summed E-state index contributed by atoms with van der Waals surface area (Å²) in [6.07, 6.45) is 0.324. The molecule has 2 aromatic carbocycles. The molecule has 11 heteroatoms. The van der Waals surface area contributed by atoms with Crippen molar-refractivity contribution in [2.75, 3.05) is 7.11 Å². The molecule has 186 valence electrons. The van der Waals surface area contributed by atoms with Gasteiger partial charge in [0.25, 0.3) is 5.56 Å². The number of methoxy groups -OCH3 is 1. The predicted octanol–water partition coefficient (Wildman–Crippen LogP) is 6.03. The van der Waals surface area contributed by atoms with Gasteiger partial charge in [-0.15, -0.1) is 0 Å².